The summed E-state index contributed by atoms with van der Waals surface area (Å²) >= 11 is 0. The summed E-state index contributed by atoms with van der Waals surface area (Å²) < 4.78 is 5.22. The van der Waals surface area contributed by atoms with Crippen molar-refractivity contribution in [2.24, 2.45) is 0 Å². The molecule has 2 rings (SSSR count). The number of nitrogens with zero attached hydrogens (tertiary/aromatic N) is 2. The molecule has 1 N–H and O–H groups in total. The Morgan fingerprint density at radius 2 is 2.05 bits per heavy atom. The number of likely N-dealkylation sites (tertiary alicyclic amines) is 1. The quantitative estimate of drug-likeness (QED) is 0.899. The zero-order valence-corrected chi connectivity index (χ0v) is 12.7. The molecule has 5 nitrogen and oxygen atoms in total. The fraction of sp³-hybridized carbons (Fsp3) is 0.733. The van der Waals surface area contributed by atoms with Gasteiger partial charge in [-0.1, -0.05) is 12.1 Å². The molecule has 1 aromatic rings. The first-order valence-corrected chi connectivity index (χ1v) is 7.57. The molecule has 0 bridgehead atoms. The van der Waals surface area contributed by atoms with Crippen LogP contribution in [0.3, 0.4) is 0 Å². The van der Waals surface area contributed by atoms with Crippen LogP contribution >= 0.6 is 0 Å². The molecule has 1 amide bonds. The third kappa shape index (κ3) is 3.39. The second kappa shape index (κ2) is 6.88. The van der Waals surface area contributed by atoms with Crippen molar-refractivity contribution in [3.63, 3.8) is 0 Å². The van der Waals surface area contributed by atoms with Crippen LogP contribution in [-0.2, 0) is 4.79 Å². The van der Waals surface area contributed by atoms with Crippen molar-refractivity contribution >= 4 is 5.91 Å². The van der Waals surface area contributed by atoms with Crippen molar-refractivity contribution < 1.29 is 9.32 Å². The van der Waals surface area contributed by atoms with E-state index >= 15 is 0 Å². The molecule has 0 saturated carbocycles. The van der Waals surface area contributed by atoms with Crippen LogP contribution in [0.25, 0.3) is 0 Å². The molecule has 0 spiro atoms. The van der Waals surface area contributed by atoms with E-state index in [-0.39, 0.29) is 11.9 Å². The summed E-state index contributed by atoms with van der Waals surface area (Å²) in [5.41, 5.74) is 2.01. The van der Waals surface area contributed by atoms with Gasteiger partial charge in [0.1, 0.15) is 5.76 Å². The van der Waals surface area contributed by atoms with Crippen LogP contribution in [0.15, 0.2) is 4.52 Å². The van der Waals surface area contributed by atoms with Crippen LogP contribution in [0, 0.1) is 13.8 Å². The van der Waals surface area contributed by atoms with Crippen LogP contribution in [0.5, 0.6) is 0 Å². The fourth-order valence-electron chi connectivity index (χ4n) is 2.90. The van der Waals surface area contributed by atoms with Gasteiger partial charge in [-0.2, -0.15) is 0 Å². The first kappa shape index (κ1) is 15.0. The minimum absolute atomic E-state index is 0.134. The number of nitrogens with one attached hydrogen (secondary N) is 1. The Labute approximate surface area is 120 Å². The van der Waals surface area contributed by atoms with Gasteiger partial charge in [0.05, 0.1) is 12.2 Å². The van der Waals surface area contributed by atoms with Crippen molar-refractivity contribution in [1.29, 1.82) is 0 Å². The first-order valence-electron chi connectivity index (χ1n) is 7.57. The number of rotatable bonds is 5. The highest BCUT2D eigenvalue weighted by molar-refractivity contribution is 5.78. The summed E-state index contributed by atoms with van der Waals surface area (Å²) in [7, 11) is 0. The van der Waals surface area contributed by atoms with Gasteiger partial charge in [-0.3, -0.25) is 4.79 Å². The first-order chi connectivity index (χ1) is 9.63. The molecule has 0 aliphatic carbocycles. The number of hydrogen-bond donors (Lipinski definition) is 1. The van der Waals surface area contributed by atoms with Crippen molar-refractivity contribution in [2.75, 3.05) is 19.6 Å². The van der Waals surface area contributed by atoms with Gasteiger partial charge in [-0.15, -0.1) is 0 Å². The molecule has 0 aromatic carbocycles. The summed E-state index contributed by atoms with van der Waals surface area (Å²) in [6, 6.07) is 0.134. The zero-order valence-electron chi connectivity index (χ0n) is 12.7. The van der Waals surface area contributed by atoms with Gasteiger partial charge in [0, 0.05) is 24.7 Å². The van der Waals surface area contributed by atoms with Gasteiger partial charge in [0.15, 0.2) is 0 Å². The molecule has 1 aliphatic rings. The SMILES string of the molecule is CC[C@H](NCC(=O)N1CCCCC1)c1c(C)noc1C. The summed E-state index contributed by atoms with van der Waals surface area (Å²) in [6.45, 7) is 8.18. The highest BCUT2D eigenvalue weighted by Gasteiger charge is 2.21. The van der Waals surface area contributed by atoms with E-state index in [1.54, 1.807) is 0 Å². The van der Waals surface area contributed by atoms with Crippen molar-refractivity contribution in [1.82, 2.24) is 15.4 Å². The van der Waals surface area contributed by atoms with Gasteiger partial charge < -0.3 is 14.7 Å². The van der Waals surface area contributed by atoms with Gasteiger partial charge in [0.2, 0.25) is 5.91 Å². The van der Waals surface area contributed by atoms with Crippen molar-refractivity contribution in [3.05, 3.63) is 17.0 Å². The molecule has 0 unspecified atom stereocenters. The van der Waals surface area contributed by atoms with Crippen molar-refractivity contribution in [2.45, 2.75) is 52.5 Å². The Bertz CT molecular complexity index is 430. The van der Waals surface area contributed by atoms with Crippen LogP contribution in [0.1, 0.15) is 55.7 Å². The topological polar surface area (TPSA) is 58.4 Å². The lowest BCUT2D eigenvalue weighted by Gasteiger charge is -2.27. The predicted molar refractivity (Wildman–Crippen MR) is 77.4 cm³/mol. The molecular formula is C15H25N3O2. The number of aryl methyl sites for hydroxylation is 2. The average molecular weight is 279 g/mol. The molecule has 20 heavy (non-hydrogen) atoms. The Balaban J connectivity index is 1.92. The largest absolute Gasteiger partial charge is 0.361 e. The van der Waals surface area contributed by atoms with E-state index < -0.39 is 0 Å². The molecule has 1 atom stereocenters. The minimum atomic E-state index is 0.134. The molecule has 0 radical (unpaired) electrons. The lowest BCUT2D eigenvalue weighted by Crippen LogP contribution is -2.42. The minimum Gasteiger partial charge on any atom is -0.361 e. The molecule has 1 fully saturated rings. The zero-order chi connectivity index (χ0) is 14.5. The van der Waals surface area contributed by atoms with E-state index in [0.29, 0.717) is 6.54 Å². The second-order valence-corrected chi connectivity index (χ2v) is 5.52. The van der Waals surface area contributed by atoms with Crippen molar-refractivity contribution in [3.8, 4) is 0 Å². The van der Waals surface area contributed by atoms with Crippen LogP contribution in [0.4, 0.5) is 0 Å². The number of amides is 1. The Morgan fingerprint density at radius 3 is 2.60 bits per heavy atom. The van der Waals surface area contributed by atoms with E-state index in [2.05, 4.69) is 17.4 Å². The highest BCUT2D eigenvalue weighted by atomic mass is 16.5. The van der Waals surface area contributed by atoms with Gasteiger partial charge in [-0.05, 0) is 39.5 Å². The van der Waals surface area contributed by atoms with E-state index in [9.17, 15) is 4.79 Å². The fourth-order valence-corrected chi connectivity index (χ4v) is 2.90. The standard InChI is InChI=1S/C15H25N3O2/c1-4-13(15-11(2)17-20-12(15)3)16-10-14(19)18-8-6-5-7-9-18/h13,16H,4-10H2,1-3H3/t13-/m0/s1. The third-order valence-electron chi connectivity index (χ3n) is 4.05. The Hall–Kier alpha value is -1.36. The normalized spacial score (nSPS) is 17.2. The molecular weight excluding hydrogens is 254 g/mol. The van der Waals surface area contributed by atoms with Crippen LogP contribution in [-0.4, -0.2) is 35.6 Å². The average Bonchev–Trinajstić information content (AvgIpc) is 2.81. The number of hydrogen-bond acceptors (Lipinski definition) is 4. The number of carbonyl (C=O) groups excluding carboxylic acids is 1. The van der Waals surface area contributed by atoms with Gasteiger partial charge >= 0.3 is 0 Å². The Morgan fingerprint density at radius 1 is 1.35 bits per heavy atom. The number of piperidine rings is 1. The lowest BCUT2D eigenvalue weighted by molar-refractivity contribution is -0.131. The van der Waals surface area contributed by atoms with E-state index in [4.69, 9.17) is 4.52 Å². The maximum Gasteiger partial charge on any atom is 0.236 e. The van der Waals surface area contributed by atoms with Crippen LogP contribution in [0.2, 0.25) is 0 Å². The lowest BCUT2D eigenvalue weighted by atomic mass is 10.0. The number of carbonyl (C=O) groups is 1. The van der Waals surface area contributed by atoms with Gasteiger partial charge in [0.25, 0.3) is 0 Å². The van der Waals surface area contributed by atoms with E-state index in [0.717, 1.165) is 49.4 Å². The Kier molecular flexibility index (Phi) is 5.17. The summed E-state index contributed by atoms with van der Waals surface area (Å²) in [5, 5.41) is 7.35. The monoisotopic (exact) mass is 279 g/mol. The van der Waals surface area contributed by atoms with E-state index in [1.807, 2.05) is 18.7 Å². The smallest absolute Gasteiger partial charge is 0.236 e. The predicted octanol–water partition coefficient (Wildman–Crippen LogP) is 2.34. The number of aromatic nitrogens is 1. The summed E-state index contributed by atoms with van der Waals surface area (Å²) in [6.07, 6.45) is 4.42. The molecule has 112 valence electrons. The third-order valence-corrected chi connectivity index (χ3v) is 4.05. The van der Waals surface area contributed by atoms with Crippen LogP contribution < -0.4 is 5.32 Å². The molecule has 2 heterocycles. The summed E-state index contributed by atoms with van der Waals surface area (Å²) in [5.74, 6) is 1.04. The maximum atomic E-state index is 12.2. The summed E-state index contributed by atoms with van der Waals surface area (Å²) in [4.78, 5) is 14.2. The maximum absolute atomic E-state index is 12.2. The molecule has 1 saturated heterocycles. The molecule has 1 aliphatic heterocycles. The molecule has 1 aromatic heterocycles. The second-order valence-electron chi connectivity index (χ2n) is 5.52. The highest BCUT2D eigenvalue weighted by Crippen LogP contribution is 2.23. The van der Waals surface area contributed by atoms with E-state index in [1.165, 1.54) is 6.42 Å². The molecule has 5 heteroatoms. The van der Waals surface area contributed by atoms with Gasteiger partial charge in [-0.25, -0.2) is 0 Å².